The van der Waals surface area contributed by atoms with Crippen molar-refractivity contribution in [3.05, 3.63) is 52.5 Å². The van der Waals surface area contributed by atoms with E-state index >= 15 is 0 Å². The van der Waals surface area contributed by atoms with Crippen LogP contribution in [-0.4, -0.2) is 9.67 Å². The van der Waals surface area contributed by atoms with Crippen molar-refractivity contribution in [1.29, 1.82) is 0 Å². The van der Waals surface area contributed by atoms with Crippen LogP contribution in [0.25, 0.3) is 5.69 Å². The molecule has 0 unspecified atom stereocenters. The number of hydrogen-bond donors (Lipinski definition) is 1. The van der Waals surface area contributed by atoms with Crippen LogP contribution < -0.4 is 0 Å². The summed E-state index contributed by atoms with van der Waals surface area (Å²) in [5, 5.41) is 9.10. The normalized spacial score (nSPS) is 10.6. The molecular weight excluding hydrogens is 261 g/mol. The predicted octanol–water partition coefficient (Wildman–Crippen LogP) is 2.87. The zero-order valence-corrected chi connectivity index (χ0v) is 9.41. The van der Waals surface area contributed by atoms with Gasteiger partial charge >= 0.3 is 0 Å². The average molecular weight is 270 g/mol. The van der Waals surface area contributed by atoms with Gasteiger partial charge in [0.05, 0.1) is 12.3 Å². The molecule has 2 nitrogen and oxygen atoms in total. The fourth-order valence-corrected chi connectivity index (χ4v) is 2.00. The summed E-state index contributed by atoms with van der Waals surface area (Å²) in [6.07, 6.45) is 1.82. The van der Waals surface area contributed by atoms with Gasteiger partial charge in [-0.1, -0.05) is 0 Å². The van der Waals surface area contributed by atoms with Crippen molar-refractivity contribution in [3.8, 4) is 5.69 Å². The topological polar surface area (TPSA) is 25.2 Å². The number of aliphatic hydroxyl groups excluding tert-OH is 1. The van der Waals surface area contributed by atoms with Gasteiger partial charge in [-0.25, -0.2) is 4.39 Å². The first-order valence-corrected chi connectivity index (χ1v) is 5.24. The molecule has 0 saturated heterocycles. The third kappa shape index (κ3) is 1.96. The molecule has 0 atom stereocenters. The van der Waals surface area contributed by atoms with Crippen LogP contribution in [-0.2, 0) is 6.61 Å². The molecule has 1 heterocycles. The molecule has 0 fully saturated rings. The first-order chi connectivity index (χ1) is 7.22. The average Bonchev–Trinajstić information content (AvgIpc) is 2.65. The molecule has 0 spiro atoms. The highest BCUT2D eigenvalue weighted by atomic mass is 79.9. The van der Waals surface area contributed by atoms with Gasteiger partial charge in [0, 0.05) is 16.4 Å². The minimum Gasteiger partial charge on any atom is -0.390 e. The zero-order chi connectivity index (χ0) is 10.8. The second kappa shape index (κ2) is 4.16. The predicted molar refractivity (Wildman–Crippen MR) is 59.3 cm³/mol. The Kier molecular flexibility index (Phi) is 2.88. The lowest BCUT2D eigenvalue weighted by Gasteiger charge is -2.09. The molecule has 0 aliphatic heterocycles. The van der Waals surface area contributed by atoms with Crippen molar-refractivity contribution >= 4 is 15.9 Å². The van der Waals surface area contributed by atoms with E-state index in [2.05, 4.69) is 15.9 Å². The zero-order valence-electron chi connectivity index (χ0n) is 7.82. The highest BCUT2D eigenvalue weighted by Gasteiger charge is 2.06. The van der Waals surface area contributed by atoms with E-state index in [1.165, 1.54) is 12.1 Å². The Balaban J connectivity index is 2.54. The summed E-state index contributed by atoms with van der Waals surface area (Å²) in [6.45, 7) is -0.0448. The van der Waals surface area contributed by atoms with Crippen LogP contribution in [0.15, 0.2) is 41.0 Å². The third-order valence-corrected chi connectivity index (χ3v) is 2.80. The van der Waals surface area contributed by atoms with Gasteiger partial charge in [-0.2, -0.15) is 0 Å². The molecule has 0 bridgehead atoms. The smallest absolute Gasteiger partial charge is 0.124 e. The highest BCUT2D eigenvalue weighted by Crippen LogP contribution is 2.23. The number of rotatable bonds is 2. The molecule has 1 N–H and O–H groups in total. The Bertz CT molecular complexity index is 481. The standard InChI is InChI=1S/C11H9BrFNO/c12-10-6-8(13)3-4-11(10)14-5-1-2-9(14)7-15/h1-6,15H,7H2. The SMILES string of the molecule is OCc1cccn1-c1ccc(F)cc1Br. The molecule has 0 aliphatic carbocycles. The quantitative estimate of drug-likeness (QED) is 0.891. The molecule has 4 heteroatoms. The van der Waals surface area contributed by atoms with Crippen LogP contribution in [0, 0.1) is 5.82 Å². The molecule has 1 aromatic heterocycles. The fraction of sp³-hybridized carbons (Fsp3) is 0.0909. The van der Waals surface area contributed by atoms with E-state index in [9.17, 15) is 4.39 Å². The van der Waals surface area contributed by atoms with Gasteiger partial charge in [-0.05, 0) is 46.3 Å². The Morgan fingerprint density at radius 1 is 1.33 bits per heavy atom. The molecule has 15 heavy (non-hydrogen) atoms. The molecule has 2 rings (SSSR count). The maximum absolute atomic E-state index is 12.9. The first kappa shape index (κ1) is 10.4. The number of nitrogens with zero attached hydrogens (tertiary/aromatic N) is 1. The number of halogens is 2. The van der Waals surface area contributed by atoms with Crippen molar-refractivity contribution in [1.82, 2.24) is 4.57 Å². The van der Waals surface area contributed by atoms with E-state index in [1.807, 2.05) is 22.9 Å². The van der Waals surface area contributed by atoms with Gasteiger partial charge in [0.25, 0.3) is 0 Å². The second-order valence-corrected chi connectivity index (χ2v) is 3.98. The largest absolute Gasteiger partial charge is 0.390 e. The summed E-state index contributed by atoms with van der Waals surface area (Å²) in [4.78, 5) is 0. The van der Waals surface area contributed by atoms with Crippen LogP contribution in [0.4, 0.5) is 4.39 Å². The Hall–Kier alpha value is -1.13. The van der Waals surface area contributed by atoms with E-state index in [4.69, 9.17) is 5.11 Å². The lowest BCUT2D eigenvalue weighted by atomic mass is 10.3. The van der Waals surface area contributed by atoms with E-state index < -0.39 is 0 Å². The second-order valence-electron chi connectivity index (χ2n) is 3.12. The van der Waals surface area contributed by atoms with Crippen molar-refractivity contribution in [2.45, 2.75) is 6.61 Å². The van der Waals surface area contributed by atoms with Crippen molar-refractivity contribution < 1.29 is 9.50 Å². The molecule has 78 valence electrons. The molecule has 0 amide bonds. The van der Waals surface area contributed by atoms with Crippen molar-refractivity contribution in [2.24, 2.45) is 0 Å². The van der Waals surface area contributed by atoms with Crippen LogP contribution in [0.2, 0.25) is 0 Å². The fourth-order valence-electron chi connectivity index (χ4n) is 1.46. The van der Waals surface area contributed by atoms with Crippen molar-refractivity contribution in [2.75, 3.05) is 0 Å². The first-order valence-electron chi connectivity index (χ1n) is 4.45. The van der Waals surface area contributed by atoms with Gasteiger partial charge in [-0.3, -0.25) is 0 Å². The van der Waals surface area contributed by atoms with Gasteiger partial charge in [0.15, 0.2) is 0 Å². The summed E-state index contributed by atoms with van der Waals surface area (Å²) in [7, 11) is 0. The molecular formula is C11H9BrFNO. The van der Waals surface area contributed by atoms with Crippen molar-refractivity contribution in [3.63, 3.8) is 0 Å². The molecule has 0 radical (unpaired) electrons. The van der Waals surface area contributed by atoms with E-state index in [0.29, 0.717) is 4.47 Å². The monoisotopic (exact) mass is 269 g/mol. The lowest BCUT2D eigenvalue weighted by molar-refractivity contribution is 0.274. The number of hydrogen-bond acceptors (Lipinski definition) is 1. The van der Waals surface area contributed by atoms with Crippen LogP contribution in [0.5, 0.6) is 0 Å². The van der Waals surface area contributed by atoms with Crippen LogP contribution in [0.3, 0.4) is 0 Å². The van der Waals surface area contributed by atoms with Gasteiger partial charge in [-0.15, -0.1) is 0 Å². The maximum atomic E-state index is 12.9. The van der Waals surface area contributed by atoms with Gasteiger partial charge in [0.2, 0.25) is 0 Å². The lowest BCUT2D eigenvalue weighted by Crippen LogP contribution is -1.99. The van der Waals surface area contributed by atoms with E-state index in [-0.39, 0.29) is 12.4 Å². The minimum absolute atomic E-state index is 0.0448. The highest BCUT2D eigenvalue weighted by molar-refractivity contribution is 9.10. The molecule has 0 saturated carbocycles. The summed E-state index contributed by atoms with van der Waals surface area (Å²) in [5.41, 5.74) is 1.58. The molecule has 2 aromatic rings. The number of aliphatic hydroxyl groups is 1. The van der Waals surface area contributed by atoms with Crippen LogP contribution >= 0.6 is 15.9 Å². The van der Waals surface area contributed by atoms with E-state index in [1.54, 1.807) is 6.07 Å². The Morgan fingerprint density at radius 2 is 2.13 bits per heavy atom. The van der Waals surface area contributed by atoms with Gasteiger partial charge < -0.3 is 9.67 Å². The third-order valence-electron chi connectivity index (χ3n) is 2.16. The maximum Gasteiger partial charge on any atom is 0.124 e. The Morgan fingerprint density at radius 3 is 2.80 bits per heavy atom. The van der Waals surface area contributed by atoms with E-state index in [0.717, 1.165) is 11.4 Å². The summed E-state index contributed by atoms with van der Waals surface area (Å²) < 4.78 is 15.4. The van der Waals surface area contributed by atoms with Crippen LogP contribution in [0.1, 0.15) is 5.69 Å². The number of aromatic nitrogens is 1. The Labute approximate surface area is 95.1 Å². The minimum atomic E-state index is -0.289. The number of benzene rings is 1. The molecule has 0 aliphatic rings. The summed E-state index contributed by atoms with van der Waals surface area (Å²) >= 11 is 3.29. The summed E-state index contributed by atoms with van der Waals surface area (Å²) in [6, 6.07) is 8.10. The van der Waals surface area contributed by atoms with Gasteiger partial charge in [0.1, 0.15) is 5.82 Å². The summed E-state index contributed by atoms with van der Waals surface area (Å²) in [5.74, 6) is -0.289. The molecule has 1 aromatic carbocycles.